The molecule has 1 heterocycles. The van der Waals surface area contributed by atoms with E-state index in [-0.39, 0.29) is 16.2 Å². The molecular weight excluding hydrogens is 751 g/mol. The average Bonchev–Trinajstić information content (AvgIpc) is 3.94. The highest BCUT2D eigenvalue weighted by atomic mass is 32.3. The summed E-state index contributed by atoms with van der Waals surface area (Å²) in [7, 11) is -5.93. The smallest absolute Gasteiger partial charge is 0.264 e. The minimum absolute atomic E-state index is 0.0354. The molecule has 0 aromatic heterocycles. The van der Waals surface area contributed by atoms with E-state index < -0.39 is 31.8 Å². The van der Waals surface area contributed by atoms with E-state index in [9.17, 15) is 22.3 Å². The van der Waals surface area contributed by atoms with Crippen molar-refractivity contribution in [2.24, 2.45) is 56.7 Å². The molecule has 57 heavy (non-hydrogen) atoms. The van der Waals surface area contributed by atoms with E-state index in [0.717, 1.165) is 51.1 Å². The number of nitrogens with one attached hydrogen (secondary N) is 2. The second-order valence-corrected chi connectivity index (χ2v) is 25.8. The van der Waals surface area contributed by atoms with E-state index in [1.165, 1.54) is 62.5 Å². The number of hydrogen-bond acceptors (Lipinski definition) is 7. The third kappa shape index (κ3) is 7.14. The molecule has 1 aliphatic heterocycles. The molecule has 5 saturated carbocycles. The maximum Gasteiger partial charge on any atom is 0.264 e. The van der Waals surface area contributed by atoms with Gasteiger partial charge in [-0.05, 0) is 177 Å². The van der Waals surface area contributed by atoms with Gasteiger partial charge in [0.25, 0.3) is 5.91 Å². The molecule has 8 rings (SSSR count). The van der Waals surface area contributed by atoms with Gasteiger partial charge in [0.05, 0.1) is 16.8 Å². The van der Waals surface area contributed by atoms with Gasteiger partial charge in [0.2, 0.25) is 10.0 Å². The Morgan fingerprint density at radius 2 is 1.60 bits per heavy atom. The first-order chi connectivity index (χ1) is 26.8. The zero-order chi connectivity index (χ0) is 40.8. The summed E-state index contributed by atoms with van der Waals surface area (Å²) in [5.74, 6) is 3.74. The van der Waals surface area contributed by atoms with Gasteiger partial charge >= 0.3 is 0 Å². The molecule has 6 fully saturated rings. The summed E-state index contributed by atoms with van der Waals surface area (Å²) in [5, 5.41) is 3.57. The lowest BCUT2D eigenvalue weighted by atomic mass is 9.32. The highest BCUT2D eigenvalue weighted by Crippen LogP contribution is 2.77. The normalized spacial score (nSPS) is 40.4. The van der Waals surface area contributed by atoms with Gasteiger partial charge in [-0.25, -0.2) is 13.1 Å². The number of fused-ring (bicyclic) bond motifs is 7. The van der Waals surface area contributed by atoms with Gasteiger partial charge in [0, 0.05) is 25.2 Å². The zero-order valence-electron chi connectivity index (χ0n) is 35.9. The number of benzene rings is 1. The van der Waals surface area contributed by atoms with Crippen molar-refractivity contribution < 1.29 is 22.3 Å². The molecular formula is C47H73N3O5S2. The number of allylic oxidation sites excluding steroid dienone is 3. The van der Waals surface area contributed by atoms with Crippen LogP contribution in [0.4, 0.5) is 0 Å². The third-order valence-corrected chi connectivity index (χ3v) is 21.7. The molecule has 10 heteroatoms. The highest BCUT2D eigenvalue weighted by molar-refractivity contribution is 8.24. The van der Waals surface area contributed by atoms with Gasteiger partial charge in [-0.15, -0.1) is 0 Å². The highest BCUT2D eigenvalue weighted by Gasteiger charge is 2.70. The van der Waals surface area contributed by atoms with Crippen LogP contribution in [-0.2, 0) is 10.0 Å². The first-order valence-corrected chi connectivity index (χ1v) is 25.9. The molecule has 6 aliphatic carbocycles. The molecule has 7 aliphatic rings. The molecule has 9 atom stereocenters. The summed E-state index contributed by atoms with van der Waals surface area (Å²) in [6.45, 7) is 24.7. The van der Waals surface area contributed by atoms with Gasteiger partial charge in [0.1, 0.15) is 0 Å². The minimum atomic E-state index is -3.59. The number of amides is 1. The van der Waals surface area contributed by atoms with Crippen LogP contribution in [0.3, 0.4) is 0 Å². The van der Waals surface area contributed by atoms with Crippen LogP contribution in [0.1, 0.15) is 135 Å². The Labute approximate surface area is 346 Å². The molecule has 1 aromatic rings. The van der Waals surface area contributed by atoms with Crippen molar-refractivity contribution in [2.45, 2.75) is 124 Å². The Morgan fingerprint density at radius 3 is 2.26 bits per heavy atom. The van der Waals surface area contributed by atoms with Crippen molar-refractivity contribution in [1.82, 2.24) is 14.9 Å². The molecule has 0 unspecified atom stereocenters. The molecule has 318 valence electrons. The van der Waals surface area contributed by atoms with Crippen molar-refractivity contribution in [2.75, 3.05) is 44.2 Å². The first-order valence-electron chi connectivity index (χ1n) is 22.5. The van der Waals surface area contributed by atoms with Gasteiger partial charge in [-0.2, -0.15) is 10.6 Å². The molecule has 8 nitrogen and oxygen atoms in total. The van der Waals surface area contributed by atoms with Gasteiger partial charge in [0.15, 0.2) is 0 Å². The SMILES string of the molecule is C=C(C)[C@@H]1CC[C@]2(CNCCCN3CCS(O)(O)CC3)CC[C@]3(C)[C@H](CC[C@@H]4[C@@]5(C)CC=C(c6ccc(C(=O)NS(=O)(=O)C7CC7)cc6)C(C)(C)[C@@H]5CC[C@]43C)[C@@H]12. The van der Waals surface area contributed by atoms with Crippen LogP contribution in [0.15, 0.2) is 42.5 Å². The number of nitrogens with zero attached hydrogens (tertiary/aromatic N) is 1. The maximum absolute atomic E-state index is 12.9. The van der Waals surface area contributed by atoms with E-state index in [0.29, 0.717) is 70.3 Å². The van der Waals surface area contributed by atoms with Crippen LogP contribution >= 0.6 is 10.6 Å². The Balaban J connectivity index is 0.977. The number of carbonyl (C=O) groups is 1. The standard InChI is InChI=1S/C47H73N3O5S2/c1-32(2)36-17-22-47(31-48-25-8-26-50-27-29-56(52,53)30-28-50)24-23-45(6)38(41(36)47)15-16-40-44(5)20-18-37(43(3,4)39(44)19-21-46(40,45)7)33-9-11-34(12-10-33)42(51)49-57(54,55)35-13-14-35/h9-12,18,35-36,38-41,48,52-53H,1,8,13-17,19-31H2,2-7H3,(H,49,51)/t36-,38+,39-,40+,41+,44-,45+,46+,47+/m0/s1. The van der Waals surface area contributed by atoms with Gasteiger partial charge in [-0.1, -0.05) is 65.0 Å². The lowest BCUT2D eigenvalue weighted by Gasteiger charge is -2.72. The van der Waals surface area contributed by atoms with Crippen LogP contribution < -0.4 is 10.0 Å². The molecule has 0 bridgehead atoms. The molecule has 1 amide bonds. The molecule has 1 saturated heterocycles. The monoisotopic (exact) mass is 823 g/mol. The largest absolute Gasteiger partial charge is 0.316 e. The van der Waals surface area contributed by atoms with Crippen molar-refractivity contribution in [3.8, 4) is 0 Å². The Morgan fingerprint density at radius 1 is 0.895 bits per heavy atom. The zero-order valence-corrected chi connectivity index (χ0v) is 37.5. The predicted molar refractivity (Wildman–Crippen MR) is 235 cm³/mol. The number of hydrogen-bond donors (Lipinski definition) is 4. The number of sulfonamides is 1. The fourth-order valence-corrected chi connectivity index (χ4v) is 17.5. The average molecular weight is 824 g/mol. The van der Waals surface area contributed by atoms with Crippen LogP contribution in [0.5, 0.6) is 0 Å². The van der Waals surface area contributed by atoms with Crippen LogP contribution in [0.2, 0.25) is 0 Å². The first kappa shape index (κ1) is 42.0. The molecule has 0 radical (unpaired) electrons. The lowest BCUT2D eigenvalue weighted by molar-refractivity contribution is -0.225. The van der Waals surface area contributed by atoms with Gasteiger partial charge in [-0.3, -0.25) is 13.9 Å². The molecule has 4 N–H and O–H groups in total. The lowest BCUT2D eigenvalue weighted by Crippen LogP contribution is -2.65. The summed E-state index contributed by atoms with van der Waals surface area (Å²) in [6.07, 6.45) is 16.3. The van der Waals surface area contributed by atoms with E-state index in [2.05, 4.69) is 69.1 Å². The fourth-order valence-electron chi connectivity index (χ4n) is 14.9. The summed E-state index contributed by atoms with van der Waals surface area (Å²) in [4.78, 5) is 15.3. The van der Waals surface area contributed by atoms with Crippen molar-refractivity contribution in [3.63, 3.8) is 0 Å². The van der Waals surface area contributed by atoms with E-state index in [1.807, 2.05) is 12.1 Å². The Kier molecular flexibility index (Phi) is 10.9. The number of carbonyl (C=O) groups excluding carboxylic acids is 1. The predicted octanol–water partition coefficient (Wildman–Crippen LogP) is 9.61. The summed E-state index contributed by atoms with van der Waals surface area (Å²) < 4.78 is 47.2. The fraction of sp³-hybridized carbons (Fsp3) is 0.766. The Hall–Kier alpha value is -1.69. The molecule has 1 aromatic carbocycles. The Bertz CT molecular complexity index is 1860. The van der Waals surface area contributed by atoms with Gasteiger partial charge < -0.3 is 10.2 Å². The minimum Gasteiger partial charge on any atom is -0.316 e. The van der Waals surface area contributed by atoms with Crippen LogP contribution in [-0.4, -0.2) is 77.8 Å². The number of rotatable bonds is 11. The third-order valence-electron chi connectivity index (χ3n) is 18.2. The summed E-state index contributed by atoms with van der Waals surface area (Å²) >= 11 is 0. The maximum atomic E-state index is 12.9. The van der Waals surface area contributed by atoms with Crippen molar-refractivity contribution >= 4 is 32.1 Å². The van der Waals surface area contributed by atoms with E-state index >= 15 is 0 Å². The summed E-state index contributed by atoms with van der Waals surface area (Å²) in [5.41, 5.74) is 5.37. The quantitative estimate of drug-likeness (QED) is 0.130. The second kappa shape index (κ2) is 14.7. The van der Waals surface area contributed by atoms with Crippen molar-refractivity contribution in [3.05, 3.63) is 53.6 Å². The second-order valence-electron chi connectivity index (χ2n) is 21.4. The molecule has 0 spiro atoms. The summed E-state index contributed by atoms with van der Waals surface area (Å²) in [6, 6.07) is 7.66. The topological polar surface area (TPSA) is 119 Å². The van der Waals surface area contributed by atoms with Crippen LogP contribution in [0.25, 0.3) is 5.57 Å². The van der Waals surface area contributed by atoms with Crippen LogP contribution in [0, 0.1) is 56.7 Å². The van der Waals surface area contributed by atoms with E-state index in [4.69, 9.17) is 0 Å². The van der Waals surface area contributed by atoms with Crippen molar-refractivity contribution in [1.29, 1.82) is 0 Å². The van der Waals surface area contributed by atoms with E-state index in [1.54, 1.807) is 12.1 Å².